The first-order valence-electron chi connectivity index (χ1n) is 6.15. The Balaban J connectivity index is 1.64. The first-order chi connectivity index (χ1) is 8.82. The fraction of sp³-hybridized carbons (Fsp3) is 0.357. The summed E-state index contributed by atoms with van der Waals surface area (Å²) in [5.74, 6) is 0.957. The molecule has 0 spiro atoms. The summed E-state index contributed by atoms with van der Waals surface area (Å²) in [6.45, 7) is 0.192. The van der Waals surface area contributed by atoms with E-state index in [1.165, 1.54) is 10.5 Å². The van der Waals surface area contributed by atoms with E-state index in [2.05, 4.69) is 35.6 Å². The lowest BCUT2D eigenvalue weighted by Gasteiger charge is -2.11. The Morgan fingerprint density at radius 1 is 1.28 bits per heavy atom. The van der Waals surface area contributed by atoms with Gasteiger partial charge in [0.25, 0.3) is 0 Å². The largest absolute Gasteiger partial charge is 0.394 e. The second kappa shape index (κ2) is 4.78. The molecule has 0 saturated heterocycles. The van der Waals surface area contributed by atoms with Crippen molar-refractivity contribution in [1.82, 2.24) is 9.78 Å². The minimum atomic E-state index is -0.0917. The third kappa shape index (κ3) is 2.31. The van der Waals surface area contributed by atoms with Gasteiger partial charge in [0.2, 0.25) is 0 Å². The van der Waals surface area contributed by atoms with Crippen molar-refractivity contribution >= 4 is 11.8 Å². The van der Waals surface area contributed by atoms with Crippen LogP contribution in [0, 0.1) is 0 Å². The van der Waals surface area contributed by atoms with E-state index >= 15 is 0 Å². The van der Waals surface area contributed by atoms with Gasteiger partial charge >= 0.3 is 0 Å². The molecule has 0 aliphatic heterocycles. The summed E-state index contributed by atoms with van der Waals surface area (Å²) in [7, 11) is 0. The van der Waals surface area contributed by atoms with Gasteiger partial charge in [-0.05, 0) is 18.4 Å². The Labute approximate surface area is 111 Å². The molecule has 1 aliphatic rings. The fourth-order valence-corrected chi connectivity index (χ4v) is 2.81. The maximum absolute atomic E-state index is 9.36. The van der Waals surface area contributed by atoms with Crippen LogP contribution < -0.4 is 0 Å². The van der Waals surface area contributed by atoms with Crippen LogP contribution in [0.15, 0.2) is 47.6 Å². The number of hydrogen-bond donors (Lipinski definition) is 1. The molecule has 0 unspecified atom stereocenters. The summed E-state index contributed by atoms with van der Waals surface area (Å²) in [6.07, 6.45) is 6.02. The minimum absolute atomic E-state index is 0.0917. The number of nitrogens with zero attached hydrogens (tertiary/aromatic N) is 2. The lowest BCUT2D eigenvalue weighted by molar-refractivity contribution is 0.202. The van der Waals surface area contributed by atoms with Crippen LogP contribution in [0.4, 0.5) is 0 Å². The van der Waals surface area contributed by atoms with E-state index < -0.39 is 0 Å². The van der Waals surface area contributed by atoms with Gasteiger partial charge in [-0.25, -0.2) is 0 Å². The third-order valence-corrected chi connectivity index (χ3v) is 4.44. The molecule has 0 radical (unpaired) electrons. The summed E-state index contributed by atoms with van der Waals surface area (Å²) >= 11 is 1.78. The summed E-state index contributed by atoms with van der Waals surface area (Å²) in [5.41, 5.74) is 1.23. The zero-order valence-electron chi connectivity index (χ0n) is 10.1. The molecule has 1 N–H and O–H groups in total. The number of hydrogen-bond acceptors (Lipinski definition) is 3. The van der Waals surface area contributed by atoms with Crippen LogP contribution >= 0.6 is 11.8 Å². The highest BCUT2D eigenvalue weighted by molar-refractivity contribution is 7.98. The first kappa shape index (κ1) is 11.8. The number of aromatic nitrogens is 2. The van der Waals surface area contributed by atoms with Gasteiger partial charge < -0.3 is 5.11 Å². The predicted molar refractivity (Wildman–Crippen MR) is 72.5 cm³/mol. The molecule has 1 fully saturated rings. The molecule has 1 aromatic heterocycles. The van der Waals surface area contributed by atoms with Gasteiger partial charge in [0.05, 0.1) is 18.3 Å². The molecule has 2 aromatic rings. The predicted octanol–water partition coefficient (Wildman–Crippen LogP) is 2.66. The van der Waals surface area contributed by atoms with E-state index in [0.29, 0.717) is 0 Å². The average Bonchev–Trinajstić information content (AvgIpc) is 3.09. The van der Waals surface area contributed by atoms with Crippen molar-refractivity contribution in [2.24, 2.45) is 0 Å². The minimum Gasteiger partial charge on any atom is -0.394 e. The summed E-state index contributed by atoms with van der Waals surface area (Å²) < 4.78 is 1.93. The molecule has 1 heterocycles. The number of benzene rings is 1. The molecule has 1 aromatic carbocycles. The van der Waals surface area contributed by atoms with Crippen molar-refractivity contribution in [1.29, 1.82) is 0 Å². The van der Waals surface area contributed by atoms with Crippen molar-refractivity contribution in [2.45, 2.75) is 29.0 Å². The van der Waals surface area contributed by atoms with Crippen molar-refractivity contribution in [3.05, 3.63) is 48.3 Å². The van der Waals surface area contributed by atoms with E-state index in [0.717, 1.165) is 18.6 Å². The molecule has 1 saturated carbocycles. The van der Waals surface area contributed by atoms with Crippen LogP contribution in [-0.2, 0) is 11.3 Å². The van der Waals surface area contributed by atoms with Gasteiger partial charge in [-0.2, -0.15) is 5.10 Å². The van der Waals surface area contributed by atoms with E-state index in [1.54, 1.807) is 11.8 Å². The lowest BCUT2D eigenvalue weighted by Crippen LogP contribution is -2.21. The highest BCUT2D eigenvalue weighted by Gasteiger charge is 2.44. The number of thioether (sulfide) groups is 1. The van der Waals surface area contributed by atoms with Crippen LogP contribution in [0.25, 0.3) is 0 Å². The Hall–Kier alpha value is -1.26. The Kier molecular flexibility index (Phi) is 3.14. The van der Waals surface area contributed by atoms with Gasteiger partial charge in [0.15, 0.2) is 0 Å². The highest BCUT2D eigenvalue weighted by atomic mass is 32.2. The molecule has 18 heavy (non-hydrogen) atoms. The molecule has 0 bridgehead atoms. The van der Waals surface area contributed by atoms with E-state index in [1.807, 2.05) is 16.9 Å². The summed E-state index contributed by atoms with van der Waals surface area (Å²) in [6, 6.07) is 10.4. The van der Waals surface area contributed by atoms with Gasteiger partial charge in [-0.1, -0.05) is 30.3 Å². The molecule has 0 atom stereocenters. The SMILES string of the molecule is OCC1(n2cc(SCc3ccccc3)cn2)CC1. The molecular formula is C14H16N2OS. The topological polar surface area (TPSA) is 38.0 Å². The maximum Gasteiger partial charge on any atom is 0.0859 e. The van der Waals surface area contributed by atoms with Crippen LogP contribution in [0.3, 0.4) is 0 Å². The van der Waals surface area contributed by atoms with Gasteiger partial charge in [-0.3, -0.25) is 4.68 Å². The Morgan fingerprint density at radius 3 is 2.72 bits per heavy atom. The molecule has 4 heteroatoms. The van der Waals surface area contributed by atoms with Gasteiger partial charge in [0, 0.05) is 16.8 Å². The molecule has 94 valence electrons. The number of aliphatic hydroxyl groups is 1. The molecular weight excluding hydrogens is 244 g/mol. The summed E-state index contributed by atoms with van der Waals surface area (Å²) in [5, 5.41) is 13.7. The average molecular weight is 260 g/mol. The van der Waals surface area contributed by atoms with E-state index in [4.69, 9.17) is 0 Å². The lowest BCUT2D eigenvalue weighted by atomic mass is 10.2. The zero-order valence-corrected chi connectivity index (χ0v) is 10.9. The second-order valence-corrected chi connectivity index (χ2v) is 5.83. The Morgan fingerprint density at radius 2 is 2.06 bits per heavy atom. The Bertz CT molecular complexity index is 520. The number of rotatable bonds is 5. The summed E-state index contributed by atoms with van der Waals surface area (Å²) in [4.78, 5) is 1.17. The molecule has 3 nitrogen and oxygen atoms in total. The van der Waals surface area contributed by atoms with Crippen molar-refractivity contribution in [3.63, 3.8) is 0 Å². The van der Waals surface area contributed by atoms with Crippen LogP contribution in [-0.4, -0.2) is 21.5 Å². The van der Waals surface area contributed by atoms with Crippen molar-refractivity contribution in [3.8, 4) is 0 Å². The van der Waals surface area contributed by atoms with Crippen molar-refractivity contribution in [2.75, 3.05) is 6.61 Å². The van der Waals surface area contributed by atoms with Gasteiger partial charge in [0.1, 0.15) is 0 Å². The number of aliphatic hydroxyl groups excluding tert-OH is 1. The molecule has 3 rings (SSSR count). The quantitative estimate of drug-likeness (QED) is 0.840. The van der Waals surface area contributed by atoms with Gasteiger partial charge in [-0.15, -0.1) is 11.8 Å². The third-order valence-electron chi connectivity index (χ3n) is 3.41. The van der Waals surface area contributed by atoms with Crippen molar-refractivity contribution < 1.29 is 5.11 Å². The smallest absolute Gasteiger partial charge is 0.0859 e. The highest BCUT2D eigenvalue weighted by Crippen LogP contribution is 2.43. The molecule has 1 aliphatic carbocycles. The second-order valence-electron chi connectivity index (χ2n) is 4.78. The van der Waals surface area contributed by atoms with Crippen LogP contribution in [0.2, 0.25) is 0 Å². The standard InChI is InChI=1S/C14H16N2OS/c17-11-14(6-7-14)16-9-13(8-15-16)18-10-12-4-2-1-3-5-12/h1-5,8-9,17H,6-7,10-11H2. The zero-order chi connectivity index (χ0) is 12.4. The van der Waals surface area contributed by atoms with Crippen LogP contribution in [0.1, 0.15) is 18.4 Å². The monoisotopic (exact) mass is 260 g/mol. The van der Waals surface area contributed by atoms with E-state index in [9.17, 15) is 5.11 Å². The molecule has 0 amide bonds. The fourth-order valence-electron chi connectivity index (χ4n) is 1.99. The van der Waals surface area contributed by atoms with E-state index in [-0.39, 0.29) is 12.1 Å². The normalized spacial score (nSPS) is 16.7. The maximum atomic E-state index is 9.36. The van der Waals surface area contributed by atoms with Crippen LogP contribution in [0.5, 0.6) is 0 Å². The first-order valence-corrected chi connectivity index (χ1v) is 7.14.